The summed E-state index contributed by atoms with van der Waals surface area (Å²) in [6.45, 7) is 2.94. The molecule has 0 spiro atoms. The number of thiazole rings is 1. The van der Waals surface area contributed by atoms with Crippen LogP contribution in [0.1, 0.15) is 28.8 Å². The van der Waals surface area contributed by atoms with Gasteiger partial charge >= 0.3 is 0 Å². The van der Waals surface area contributed by atoms with Crippen molar-refractivity contribution in [1.29, 1.82) is 0 Å². The minimum atomic E-state index is -0.376. The Labute approximate surface area is 166 Å². The standard InChI is InChI=1S/C21H20FN3O2S/c1-13-4-2-6-17-18(13)23-21(28-17)24-19(26)15-5-3-11-25(12-15)20(27)14-7-9-16(22)10-8-14/h2,4,6-10,15H,3,5,11-12H2,1H3,(H,23,24,26). The van der Waals surface area contributed by atoms with E-state index in [2.05, 4.69) is 10.3 Å². The highest BCUT2D eigenvalue weighted by atomic mass is 32.1. The van der Waals surface area contributed by atoms with Gasteiger partial charge in [0.15, 0.2) is 5.13 Å². The molecule has 1 aliphatic rings. The first-order chi connectivity index (χ1) is 13.5. The van der Waals surface area contributed by atoms with Gasteiger partial charge in [-0.3, -0.25) is 9.59 Å². The van der Waals surface area contributed by atoms with Gasteiger partial charge in [0.05, 0.1) is 16.1 Å². The van der Waals surface area contributed by atoms with Crippen molar-refractivity contribution < 1.29 is 14.0 Å². The molecule has 1 aromatic heterocycles. The zero-order valence-corrected chi connectivity index (χ0v) is 16.3. The summed E-state index contributed by atoms with van der Waals surface area (Å²) in [4.78, 5) is 31.6. The monoisotopic (exact) mass is 397 g/mol. The summed E-state index contributed by atoms with van der Waals surface area (Å²) in [5, 5.41) is 3.50. The number of para-hydroxylation sites is 1. The van der Waals surface area contributed by atoms with Gasteiger partial charge < -0.3 is 10.2 Å². The molecule has 0 radical (unpaired) electrons. The summed E-state index contributed by atoms with van der Waals surface area (Å²) in [5.74, 6) is -0.953. The maximum Gasteiger partial charge on any atom is 0.253 e. The Morgan fingerprint density at radius 2 is 2.00 bits per heavy atom. The van der Waals surface area contributed by atoms with Crippen LogP contribution in [0.25, 0.3) is 10.2 Å². The number of piperidine rings is 1. The van der Waals surface area contributed by atoms with Crippen LogP contribution in [0.4, 0.5) is 9.52 Å². The summed E-state index contributed by atoms with van der Waals surface area (Å²) < 4.78 is 14.1. The molecule has 4 rings (SSSR count). The van der Waals surface area contributed by atoms with Crippen LogP contribution >= 0.6 is 11.3 Å². The van der Waals surface area contributed by atoms with Gasteiger partial charge in [0.2, 0.25) is 5.91 Å². The molecule has 1 fully saturated rings. The van der Waals surface area contributed by atoms with Crippen molar-refractivity contribution in [2.24, 2.45) is 5.92 Å². The van der Waals surface area contributed by atoms with Gasteiger partial charge in [0, 0.05) is 18.7 Å². The number of benzene rings is 2. The average molecular weight is 397 g/mol. The largest absolute Gasteiger partial charge is 0.338 e. The molecule has 1 unspecified atom stereocenters. The highest BCUT2D eigenvalue weighted by molar-refractivity contribution is 7.22. The van der Waals surface area contributed by atoms with Gasteiger partial charge in [-0.05, 0) is 55.7 Å². The molecule has 0 bridgehead atoms. The average Bonchev–Trinajstić information content (AvgIpc) is 3.12. The van der Waals surface area contributed by atoms with Crippen molar-refractivity contribution in [1.82, 2.24) is 9.88 Å². The molecule has 2 heterocycles. The van der Waals surface area contributed by atoms with Gasteiger partial charge in [0.1, 0.15) is 5.82 Å². The first kappa shape index (κ1) is 18.6. The molecule has 1 aliphatic heterocycles. The molecule has 0 saturated carbocycles. The molecule has 7 heteroatoms. The van der Waals surface area contributed by atoms with Crippen LogP contribution < -0.4 is 5.32 Å². The van der Waals surface area contributed by atoms with E-state index in [0.29, 0.717) is 23.8 Å². The molecular formula is C21H20FN3O2S. The summed E-state index contributed by atoms with van der Waals surface area (Å²) in [5.41, 5.74) is 2.41. The lowest BCUT2D eigenvalue weighted by Crippen LogP contribution is -2.43. The van der Waals surface area contributed by atoms with Crippen molar-refractivity contribution in [2.75, 3.05) is 18.4 Å². The number of anilines is 1. The predicted octanol–water partition coefficient (Wildman–Crippen LogP) is 4.23. The second kappa shape index (κ2) is 7.67. The van der Waals surface area contributed by atoms with Gasteiger partial charge in [-0.15, -0.1) is 0 Å². The first-order valence-electron chi connectivity index (χ1n) is 9.23. The third-order valence-electron chi connectivity index (χ3n) is 5.02. The van der Waals surface area contributed by atoms with E-state index in [-0.39, 0.29) is 23.5 Å². The number of aryl methyl sites for hydroxylation is 1. The minimum Gasteiger partial charge on any atom is -0.338 e. The zero-order chi connectivity index (χ0) is 19.7. The topological polar surface area (TPSA) is 62.3 Å². The Bertz CT molecular complexity index is 1030. The number of carbonyl (C=O) groups excluding carboxylic acids is 2. The van der Waals surface area contributed by atoms with E-state index < -0.39 is 0 Å². The molecular weight excluding hydrogens is 377 g/mol. The van der Waals surface area contributed by atoms with Crippen LogP contribution in [0.3, 0.4) is 0 Å². The molecule has 1 N–H and O–H groups in total. The lowest BCUT2D eigenvalue weighted by Gasteiger charge is -2.32. The molecule has 1 atom stereocenters. The van der Waals surface area contributed by atoms with Crippen molar-refractivity contribution in [3.05, 3.63) is 59.4 Å². The second-order valence-corrected chi connectivity index (χ2v) is 8.06. The van der Waals surface area contributed by atoms with E-state index >= 15 is 0 Å². The predicted molar refractivity (Wildman–Crippen MR) is 108 cm³/mol. The molecule has 5 nitrogen and oxygen atoms in total. The van der Waals surface area contributed by atoms with Crippen LogP contribution in [-0.2, 0) is 4.79 Å². The lowest BCUT2D eigenvalue weighted by atomic mass is 9.96. The number of halogens is 1. The quantitative estimate of drug-likeness (QED) is 0.719. The third-order valence-corrected chi connectivity index (χ3v) is 5.96. The number of hydrogen-bond acceptors (Lipinski definition) is 4. The van der Waals surface area contributed by atoms with Crippen LogP contribution in [0.2, 0.25) is 0 Å². The number of nitrogens with one attached hydrogen (secondary N) is 1. The first-order valence-corrected chi connectivity index (χ1v) is 10.0. The van der Waals surface area contributed by atoms with E-state index in [1.165, 1.54) is 35.6 Å². The number of hydrogen-bond donors (Lipinski definition) is 1. The Hall–Kier alpha value is -2.80. The van der Waals surface area contributed by atoms with Crippen LogP contribution in [0.5, 0.6) is 0 Å². The fourth-order valence-corrected chi connectivity index (χ4v) is 4.44. The number of amides is 2. The maximum absolute atomic E-state index is 13.1. The number of fused-ring (bicyclic) bond motifs is 1. The zero-order valence-electron chi connectivity index (χ0n) is 15.4. The summed E-state index contributed by atoms with van der Waals surface area (Å²) >= 11 is 1.45. The van der Waals surface area contributed by atoms with E-state index in [4.69, 9.17) is 0 Å². The molecule has 1 saturated heterocycles. The molecule has 3 aromatic rings. The molecule has 2 aromatic carbocycles. The van der Waals surface area contributed by atoms with Crippen LogP contribution in [0.15, 0.2) is 42.5 Å². The molecule has 28 heavy (non-hydrogen) atoms. The Morgan fingerprint density at radius 3 is 2.75 bits per heavy atom. The minimum absolute atomic E-state index is 0.117. The maximum atomic E-state index is 13.1. The number of rotatable bonds is 3. The smallest absolute Gasteiger partial charge is 0.253 e. The van der Waals surface area contributed by atoms with Crippen molar-refractivity contribution in [2.45, 2.75) is 19.8 Å². The highest BCUT2D eigenvalue weighted by Gasteiger charge is 2.29. The van der Waals surface area contributed by atoms with Gasteiger partial charge in [-0.2, -0.15) is 0 Å². The van der Waals surface area contributed by atoms with E-state index in [1.54, 1.807) is 4.90 Å². The Morgan fingerprint density at radius 1 is 1.21 bits per heavy atom. The second-order valence-electron chi connectivity index (χ2n) is 7.03. The number of aromatic nitrogens is 1. The molecule has 2 amide bonds. The lowest BCUT2D eigenvalue weighted by molar-refractivity contribution is -0.121. The summed E-state index contributed by atoms with van der Waals surface area (Å²) in [6, 6.07) is 11.5. The van der Waals surface area contributed by atoms with E-state index in [1.807, 2.05) is 25.1 Å². The highest BCUT2D eigenvalue weighted by Crippen LogP contribution is 2.29. The van der Waals surface area contributed by atoms with Gasteiger partial charge in [-0.25, -0.2) is 9.37 Å². The van der Waals surface area contributed by atoms with Crippen LogP contribution in [0, 0.1) is 18.7 Å². The Balaban J connectivity index is 1.44. The SMILES string of the molecule is Cc1cccc2sc(NC(=O)C3CCCN(C(=O)c4ccc(F)cc4)C3)nc12. The third kappa shape index (κ3) is 3.75. The summed E-state index contributed by atoms with van der Waals surface area (Å²) in [7, 11) is 0. The van der Waals surface area contributed by atoms with Gasteiger partial charge in [0.25, 0.3) is 5.91 Å². The van der Waals surface area contributed by atoms with E-state index in [0.717, 1.165) is 28.6 Å². The number of nitrogens with zero attached hydrogens (tertiary/aromatic N) is 2. The number of likely N-dealkylation sites (tertiary alicyclic amines) is 1. The summed E-state index contributed by atoms with van der Waals surface area (Å²) in [6.07, 6.45) is 1.48. The fourth-order valence-electron chi connectivity index (χ4n) is 3.50. The van der Waals surface area contributed by atoms with Crippen LogP contribution in [-0.4, -0.2) is 34.8 Å². The normalized spacial score (nSPS) is 16.9. The molecule has 144 valence electrons. The molecule has 0 aliphatic carbocycles. The van der Waals surface area contributed by atoms with Crippen molar-refractivity contribution >= 4 is 38.5 Å². The van der Waals surface area contributed by atoms with E-state index in [9.17, 15) is 14.0 Å². The Kier molecular flexibility index (Phi) is 5.09. The van der Waals surface area contributed by atoms with Gasteiger partial charge in [-0.1, -0.05) is 23.5 Å². The number of carbonyl (C=O) groups is 2. The van der Waals surface area contributed by atoms with Crippen molar-refractivity contribution in [3.63, 3.8) is 0 Å². The fraction of sp³-hybridized carbons (Fsp3) is 0.286. The van der Waals surface area contributed by atoms with Crippen molar-refractivity contribution in [3.8, 4) is 0 Å².